The fourth-order valence-electron chi connectivity index (χ4n) is 1.56. The summed E-state index contributed by atoms with van der Waals surface area (Å²) in [6.45, 7) is 2.42. The lowest BCUT2D eigenvalue weighted by Gasteiger charge is -2.26. The zero-order chi connectivity index (χ0) is 13.4. The highest BCUT2D eigenvalue weighted by molar-refractivity contribution is 5.37. The van der Waals surface area contributed by atoms with Crippen LogP contribution >= 0.6 is 0 Å². The van der Waals surface area contributed by atoms with Crippen LogP contribution in [0.4, 0.5) is 22.0 Å². The largest absolute Gasteiger partial charge is 0.416 e. The SMILES string of the molecule is Cc1cc(C(F)(F)F)ccc1C(C)(N)C(F)F. The van der Waals surface area contributed by atoms with Crippen LogP contribution in [0.1, 0.15) is 23.6 Å². The number of hydrogen-bond acceptors (Lipinski definition) is 1. The smallest absolute Gasteiger partial charge is 0.317 e. The molecule has 96 valence electrons. The van der Waals surface area contributed by atoms with Crippen LogP contribution in [-0.4, -0.2) is 6.43 Å². The van der Waals surface area contributed by atoms with E-state index in [2.05, 4.69) is 0 Å². The number of aryl methyl sites for hydroxylation is 1. The molecular formula is C11H12F5N. The molecule has 0 amide bonds. The summed E-state index contributed by atoms with van der Waals surface area (Å²) in [4.78, 5) is 0. The summed E-state index contributed by atoms with van der Waals surface area (Å²) in [5, 5.41) is 0. The predicted octanol–water partition coefficient (Wildman–Crippen LogP) is 3.45. The second-order valence-electron chi connectivity index (χ2n) is 4.11. The van der Waals surface area contributed by atoms with Crippen molar-refractivity contribution in [2.24, 2.45) is 5.73 Å². The predicted molar refractivity (Wildman–Crippen MR) is 53.7 cm³/mol. The molecule has 0 saturated heterocycles. The van der Waals surface area contributed by atoms with E-state index in [1.807, 2.05) is 0 Å². The van der Waals surface area contributed by atoms with Gasteiger partial charge in [0.05, 0.1) is 11.1 Å². The van der Waals surface area contributed by atoms with Gasteiger partial charge < -0.3 is 5.73 Å². The second kappa shape index (κ2) is 4.25. The van der Waals surface area contributed by atoms with E-state index in [-0.39, 0.29) is 11.1 Å². The molecule has 1 rings (SSSR count). The number of halogens is 5. The molecule has 0 fully saturated rings. The lowest BCUT2D eigenvalue weighted by Crippen LogP contribution is -2.41. The van der Waals surface area contributed by atoms with Crippen molar-refractivity contribution in [3.8, 4) is 0 Å². The van der Waals surface area contributed by atoms with Gasteiger partial charge in [-0.05, 0) is 37.1 Å². The minimum absolute atomic E-state index is 0.0144. The Bertz CT molecular complexity index is 409. The van der Waals surface area contributed by atoms with Crippen molar-refractivity contribution in [1.82, 2.24) is 0 Å². The Balaban J connectivity index is 3.24. The second-order valence-corrected chi connectivity index (χ2v) is 4.11. The molecule has 1 aromatic carbocycles. The van der Waals surface area contributed by atoms with Gasteiger partial charge in [-0.2, -0.15) is 13.2 Å². The first kappa shape index (κ1) is 13.9. The topological polar surface area (TPSA) is 26.0 Å². The number of alkyl halides is 5. The highest BCUT2D eigenvalue weighted by Crippen LogP contribution is 2.34. The highest BCUT2D eigenvalue weighted by Gasteiger charge is 2.36. The van der Waals surface area contributed by atoms with Crippen LogP contribution in [0.2, 0.25) is 0 Å². The van der Waals surface area contributed by atoms with Gasteiger partial charge in [0.2, 0.25) is 0 Å². The molecule has 0 bridgehead atoms. The molecule has 0 radical (unpaired) electrons. The summed E-state index contributed by atoms with van der Waals surface area (Å²) < 4.78 is 62.5. The van der Waals surface area contributed by atoms with Gasteiger partial charge in [0.25, 0.3) is 6.43 Å². The van der Waals surface area contributed by atoms with Crippen molar-refractivity contribution in [2.75, 3.05) is 0 Å². The number of nitrogens with two attached hydrogens (primary N) is 1. The van der Waals surface area contributed by atoms with Crippen LogP contribution in [0, 0.1) is 6.92 Å². The van der Waals surface area contributed by atoms with Gasteiger partial charge in [-0.3, -0.25) is 0 Å². The quantitative estimate of drug-likeness (QED) is 0.802. The lowest BCUT2D eigenvalue weighted by atomic mass is 9.89. The van der Waals surface area contributed by atoms with E-state index in [4.69, 9.17) is 5.73 Å². The highest BCUT2D eigenvalue weighted by atomic mass is 19.4. The molecule has 1 nitrogen and oxygen atoms in total. The fraction of sp³-hybridized carbons (Fsp3) is 0.455. The molecule has 1 atom stereocenters. The zero-order valence-corrected chi connectivity index (χ0v) is 9.28. The Morgan fingerprint density at radius 2 is 1.71 bits per heavy atom. The maximum atomic E-state index is 12.7. The van der Waals surface area contributed by atoms with Gasteiger partial charge in [0.1, 0.15) is 0 Å². The third kappa shape index (κ3) is 2.74. The molecule has 2 N–H and O–H groups in total. The molecule has 0 aromatic heterocycles. The standard InChI is InChI=1S/C11H12F5N/c1-6-5-7(11(14,15)16)3-4-8(6)10(2,17)9(12)13/h3-5,9H,17H2,1-2H3. The fourth-order valence-corrected chi connectivity index (χ4v) is 1.56. The van der Waals surface area contributed by atoms with E-state index in [0.29, 0.717) is 0 Å². The van der Waals surface area contributed by atoms with Crippen LogP contribution in [0.15, 0.2) is 18.2 Å². The van der Waals surface area contributed by atoms with E-state index in [9.17, 15) is 22.0 Å². The molecule has 0 aliphatic heterocycles. The third-order valence-electron chi connectivity index (χ3n) is 2.59. The van der Waals surface area contributed by atoms with Crippen molar-refractivity contribution in [3.05, 3.63) is 34.9 Å². The molecule has 0 saturated carbocycles. The van der Waals surface area contributed by atoms with Crippen LogP contribution < -0.4 is 5.73 Å². The molecule has 1 unspecified atom stereocenters. The van der Waals surface area contributed by atoms with Crippen molar-refractivity contribution in [3.63, 3.8) is 0 Å². The molecule has 0 aliphatic carbocycles. The summed E-state index contributed by atoms with van der Waals surface area (Å²) in [7, 11) is 0. The first-order valence-corrected chi connectivity index (χ1v) is 4.82. The average molecular weight is 253 g/mol. The number of benzene rings is 1. The minimum Gasteiger partial charge on any atom is -0.317 e. The van der Waals surface area contributed by atoms with E-state index >= 15 is 0 Å². The van der Waals surface area contributed by atoms with Gasteiger partial charge in [0, 0.05) is 0 Å². The number of rotatable bonds is 2. The van der Waals surface area contributed by atoms with E-state index in [1.54, 1.807) is 0 Å². The summed E-state index contributed by atoms with van der Waals surface area (Å²) in [5.41, 5.74) is 2.70. The summed E-state index contributed by atoms with van der Waals surface area (Å²) >= 11 is 0. The Morgan fingerprint density at radius 3 is 2.06 bits per heavy atom. The van der Waals surface area contributed by atoms with Crippen molar-refractivity contribution in [2.45, 2.75) is 32.0 Å². The lowest BCUT2D eigenvalue weighted by molar-refractivity contribution is -0.137. The maximum Gasteiger partial charge on any atom is 0.416 e. The molecule has 0 aliphatic rings. The van der Waals surface area contributed by atoms with E-state index < -0.39 is 23.7 Å². The average Bonchev–Trinajstić information content (AvgIpc) is 2.15. The summed E-state index contributed by atoms with van der Waals surface area (Å²) in [6, 6.07) is 2.59. The summed E-state index contributed by atoms with van der Waals surface area (Å²) in [6.07, 6.45) is -7.34. The van der Waals surface area contributed by atoms with Gasteiger partial charge in [-0.15, -0.1) is 0 Å². The van der Waals surface area contributed by atoms with E-state index in [0.717, 1.165) is 25.1 Å². The Hall–Kier alpha value is -1.17. The zero-order valence-electron chi connectivity index (χ0n) is 9.28. The third-order valence-corrected chi connectivity index (χ3v) is 2.59. The van der Waals surface area contributed by atoms with E-state index in [1.165, 1.54) is 6.92 Å². The van der Waals surface area contributed by atoms with Gasteiger partial charge >= 0.3 is 6.18 Å². The molecule has 17 heavy (non-hydrogen) atoms. The van der Waals surface area contributed by atoms with Crippen LogP contribution in [-0.2, 0) is 11.7 Å². The normalized spacial score (nSPS) is 16.1. The molecular weight excluding hydrogens is 241 g/mol. The monoisotopic (exact) mass is 253 g/mol. The van der Waals surface area contributed by atoms with Crippen LogP contribution in [0.25, 0.3) is 0 Å². The van der Waals surface area contributed by atoms with Crippen molar-refractivity contribution in [1.29, 1.82) is 0 Å². The van der Waals surface area contributed by atoms with Crippen molar-refractivity contribution < 1.29 is 22.0 Å². The molecule has 0 heterocycles. The first-order valence-electron chi connectivity index (χ1n) is 4.82. The minimum atomic E-state index is -4.49. The number of hydrogen-bond donors (Lipinski definition) is 1. The summed E-state index contributed by atoms with van der Waals surface area (Å²) in [5.74, 6) is 0. The van der Waals surface area contributed by atoms with Crippen LogP contribution in [0.3, 0.4) is 0 Å². The van der Waals surface area contributed by atoms with Gasteiger partial charge in [-0.25, -0.2) is 8.78 Å². The first-order chi connectivity index (χ1) is 7.56. The van der Waals surface area contributed by atoms with Crippen molar-refractivity contribution >= 4 is 0 Å². The Morgan fingerprint density at radius 1 is 1.18 bits per heavy atom. The van der Waals surface area contributed by atoms with Gasteiger partial charge in [-0.1, -0.05) is 6.07 Å². The Labute approximate surface area is 95.4 Å². The molecule has 0 spiro atoms. The van der Waals surface area contributed by atoms with Crippen LogP contribution in [0.5, 0.6) is 0 Å². The molecule has 6 heteroatoms. The Kier molecular flexibility index (Phi) is 3.47. The van der Waals surface area contributed by atoms with Gasteiger partial charge in [0.15, 0.2) is 0 Å². The molecule has 1 aromatic rings. The maximum absolute atomic E-state index is 12.7.